The van der Waals surface area contributed by atoms with Crippen LogP contribution in [-0.4, -0.2) is 51.4 Å². The predicted molar refractivity (Wildman–Crippen MR) is 56.2 cm³/mol. The number of hydrogen-bond donors (Lipinski definition) is 2. The molecule has 0 saturated heterocycles. The highest BCUT2D eigenvalue weighted by Crippen LogP contribution is 2.29. The molecule has 3 N–H and O–H groups in total. The number of hydrogen-bond acceptors (Lipinski definition) is 10. The number of nitrogens with one attached hydrogen (secondary N) is 1. The van der Waals surface area contributed by atoms with Gasteiger partial charge >= 0.3 is 0 Å². The molecule has 0 aliphatic carbocycles. The summed E-state index contributed by atoms with van der Waals surface area (Å²) in [7, 11) is 0. The molecule has 88 valence electrons. The molecule has 0 atom stereocenters. The van der Waals surface area contributed by atoms with Crippen LogP contribution in [0.4, 0.5) is 5.82 Å². The third-order valence-corrected chi connectivity index (χ3v) is 2.13. The number of nitrogens with two attached hydrogens (primary N) is 1. The Labute approximate surface area is 98.9 Å². The monoisotopic (exact) mass is 243 g/mol. The minimum absolute atomic E-state index is 0.144. The molecule has 0 amide bonds. The van der Waals surface area contributed by atoms with Gasteiger partial charge in [-0.2, -0.15) is 15.4 Å². The van der Waals surface area contributed by atoms with Crippen molar-refractivity contribution in [1.29, 1.82) is 0 Å². The van der Waals surface area contributed by atoms with E-state index in [-0.39, 0.29) is 5.82 Å². The molecular formula is C7H5N11. The molecule has 11 heteroatoms. The van der Waals surface area contributed by atoms with Crippen LogP contribution in [-0.2, 0) is 0 Å². The van der Waals surface area contributed by atoms with E-state index in [1.165, 1.54) is 12.4 Å². The molecule has 0 fully saturated rings. The Morgan fingerprint density at radius 3 is 2.61 bits per heavy atom. The van der Waals surface area contributed by atoms with Gasteiger partial charge in [0.05, 0.1) is 18.0 Å². The summed E-state index contributed by atoms with van der Waals surface area (Å²) >= 11 is 0. The Balaban J connectivity index is 2.25. The van der Waals surface area contributed by atoms with Gasteiger partial charge in [-0.3, -0.25) is 0 Å². The van der Waals surface area contributed by atoms with Crippen molar-refractivity contribution in [2.45, 2.75) is 0 Å². The molecule has 3 aromatic heterocycles. The van der Waals surface area contributed by atoms with Gasteiger partial charge in [-0.05, 0) is 15.6 Å². The van der Waals surface area contributed by atoms with Gasteiger partial charge in [0.1, 0.15) is 17.1 Å². The van der Waals surface area contributed by atoms with Crippen LogP contribution in [0.25, 0.3) is 22.6 Å². The van der Waals surface area contributed by atoms with E-state index >= 15 is 0 Å². The fourth-order valence-electron chi connectivity index (χ4n) is 1.40. The maximum absolute atomic E-state index is 5.77. The normalized spacial score (nSPS) is 10.4. The van der Waals surface area contributed by atoms with E-state index in [4.69, 9.17) is 5.73 Å². The van der Waals surface area contributed by atoms with Gasteiger partial charge in [-0.15, -0.1) is 20.4 Å². The molecule has 3 rings (SSSR count). The SMILES string of the molecule is Nc1nnnc(-c2cn[nH]n2)c1-c1cnnnn1. The third-order valence-electron chi connectivity index (χ3n) is 2.13. The Hall–Kier alpha value is -3.11. The number of H-pyrrole nitrogens is 1. The second kappa shape index (κ2) is 4.04. The lowest BCUT2D eigenvalue weighted by Gasteiger charge is -2.04. The number of aromatic nitrogens is 10. The summed E-state index contributed by atoms with van der Waals surface area (Å²) in [5.41, 5.74) is 7.43. The first kappa shape index (κ1) is 10.1. The van der Waals surface area contributed by atoms with Crippen LogP contribution < -0.4 is 5.73 Å². The fourth-order valence-corrected chi connectivity index (χ4v) is 1.40. The maximum atomic E-state index is 5.77. The van der Waals surface area contributed by atoms with Crippen LogP contribution >= 0.6 is 0 Å². The first-order chi connectivity index (χ1) is 8.86. The van der Waals surface area contributed by atoms with Crippen LogP contribution in [0.5, 0.6) is 0 Å². The zero-order valence-electron chi connectivity index (χ0n) is 8.76. The van der Waals surface area contributed by atoms with Crippen LogP contribution in [0.15, 0.2) is 12.4 Å². The first-order valence-corrected chi connectivity index (χ1v) is 4.72. The molecule has 3 aromatic rings. The Bertz CT molecular complexity index is 648. The lowest BCUT2D eigenvalue weighted by Crippen LogP contribution is -2.05. The van der Waals surface area contributed by atoms with Gasteiger partial charge in [0, 0.05) is 0 Å². The summed E-state index contributed by atoms with van der Waals surface area (Å²) in [6.45, 7) is 0. The van der Waals surface area contributed by atoms with Crippen molar-refractivity contribution in [1.82, 2.24) is 51.4 Å². The predicted octanol–water partition coefficient (Wildman–Crippen LogP) is -1.51. The van der Waals surface area contributed by atoms with E-state index in [1.807, 2.05) is 0 Å². The summed E-state index contributed by atoms with van der Waals surface area (Å²) in [4.78, 5) is 0. The Morgan fingerprint density at radius 1 is 0.944 bits per heavy atom. The lowest BCUT2D eigenvalue weighted by molar-refractivity contribution is 0.765. The number of rotatable bonds is 2. The molecule has 0 unspecified atom stereocenters. The van der Waals surface area contributed by atoms with Gasteiger partial charge in [-0.1, -0.05) is 0 Å². The van der Waals surface area contributed by atoms with E-state index in [9.17, 15) is 0 Å². The largest absolute Gasteiger partial charge is 0.382 e. The van der Waals surface area contributed by atoms with Crippen LogP contribution in [0, 0.1) is 0 Å². The zero-order chi connectivity index (χ0) is 12.4. The highest BCUT2D eigenvalue weighted by Gasteiger charge is 2.18. The van der Waals surface area contributed by atoms with Crippen molar-refractivity contribution in [2.75, 3.05) is 5.73 Å². The number of nitrogen functional groups attached to an aromatic ring is 1. The summed E-state index contributed by atoms with van der Waals surface area (Å²) in [5.74, 6) is 0.144. The number of anilines is 1. The average molecular weight is 243 g/mol. The molecular weight excluding hydrogens is 238 g/mol. The van der Waals surface area contributed by atoms with Crippen LogP contribution in [0.1, 0.15) is 0 Å². The molecule has 0 saturated carbocycles. The Morgan fingerprint density at radius 2 is 1.89 bits per heavy atom. The minimum Gasteiger partial charge on any atom is -0.382 e. The summed E-state index contributed by atoms with van der Waals surface area (Å²) in [6.07, 6.45) is 2.88. The van der Waals surface area contributed by atoms with Gasteiger partial charge in [0.15, 0.2) is 5.82 Å². The maximum Gasteiger partial charge on any atom is 0.159 e. The second-order valence-corrected chi connectivity index (χ2v) is 3.16. The Kier molecular flexibility index (Phi) is 2.26. The molecule has 0 spiro atoms. The van der Waals surface area contributed by atoms with E-state index < -0.39 is 0 Å². The summed E-state index contributed by atoms with van der Waals surface area (Å²) in [5, 5.41) is 35.4. The van der Waals surface area contributed by atoms with Crippen molar-refractivity contribution in [2.24, 2.45) is 0 Å². The fraction of sp³-hybridized carbons (Fsp3) is 0. The van der Waals surface area contributed by atoms with Crippen molar-refractivity contribution in [3.63, 3.8) is 0 Å². The van der Waals surface area contributed by atoms with E-state index in [1.54, 1.807) is 0 Å². The molecule has 11 nitrogen and oxygen atoms in total. The smallest absolute Gasteiger partial charge is 0.159 e. The van der Waals surface area contributed by atoms with E-state index in [0.29, 0.717) is 22.6 Å². The van der Waals surface area contributed by atoms with Crippen LogP contribution in [0.3, 0.4) is 0 Å². The minimum atomic E-state index is 0.144. The second-order valence-electron chi connectivity index (χ2n) is 3.16. The quantitative estimate of drug-likeness (QED) is 0.541. The number of aromatic amines is 1. The third kappa shape index (κ3) is 1.59. The lowest BCUT2D eigenvalue weighted by atomic mass is 10.1. The van der Waals surface area contributed by atoms with Gasteiger partial charge in [0.2, 0.25) is 0 Å². The average Bonchev–Trinajstić information content (AvgIpc) is 2.93. The van der Waals surface area contributed by atoms with Crippen molar-refractivity contribution >= 4 is 5.82 Å². The van der Waals surface area contributed by atoms with Crippen molar-refractivity contribution in [3.8, 4) is 22.6 Å². The summed E-state index contributed by atoms with van der Waals surface area (Å²) < 4.78 is 0. The first-order valence-electron chi connectivity index (χ1n) is 4.72. The standard InChI is InChI=1S/C7H5N11/c8-7-5(3-1-10-16-18-11-3)6(13-17-14-7)4-2-9-15-12-4/h1-2H,(H2,8,13,14)(H,9,12,15). The highest BCUT2D eigenvalue weighted by atomic mass is 15.4. The zero-order valence-corrected chi connectivity index (χ0v) is 8.76. The van der Waals surface area contributed by atoms with Gasteiger partial charge < -0.3 is 5.73 Å². The van der Waals surface area contributed by atoms with Crippen molar-refractivity contribution < 1.29 is 0 Å². The molecule has 0 bridgehead atoms. The molecule has 18 heavy (non-hydrogen) atoms. The molecule has 0 aliphatic rings. The number of nitrogens with zero attached hydrogens (tertiary/aromatic N) is 9. The molecule has 3 heterocycles. The van der Waals surface area contributed by atoms with Crippen LogP contribution in [0.2, 0.25) is 0 Å². The molecule has 0 aliphatic heterocycles. The van der Waals surface area contributed by atoms with E-state index in [2.05, 4.69) is 51.4 Å². The van der Waals surface area contributed by atoms with Crippen molar-refractivity contribution in [3.05, 3.63) is 12.4 Å². The molecule has 0 radical (unpaired) electrons. The van der Waals surface area contributed by atoms with Gasteiger partial charge in [0.25, 0.3) is 0 Å². The summed E-state index contributed by atoms with van der Waals surface area (Å²) in [6, 6.07) is 0. The van der Waals surface area contributed by atoms with Gasteiger partial charge in [-0.25, -0.2) is 0 Å². The molecule has 0 aromatic carbocycles. The highest BCUT2D eigenvalue weighted by molar-refractivity contribution is 5.82. The van der Waals surface area contributed by atoms with E-state index in [0.717, 1.165) is 0 Å². The topological polar surface area (TPSA) is 158 Å².